The Hall–Kier alpha value is -0.650. The van der Waals surface area contributed by atoms with Crippen molar-refractivity contribution in [3.63, 3.8) is 0 Å². The molecule has 318 valence electrons. The highest BCUT2D eigenvalue weighted by Crippen LogP contribution is 2.18. The molecule has 53 heavy (non-hydrogen) atoms. The first-order valence-electron chi connectivity index (χ1n) is 24.3. The lowest BCUT2D eigenvalue weighted by molar-refractivity contribution is -0.125. The number of carbonyl (C=O) groups is 1. The first-order chi connectivity index (χ1) is 26.0. The molecule has 1 amide bonds. The minimum Gasteiger partial charge on any atom is -0.394 e. The molecular weight excluding hydrogens is 655 g/mol. The van der Waals surface area contributed by atoms with Crippen LogP contribution in [0.3, 0.4) is 0 Å². The lowest BCUT2D eigenvalue weighted by atomic mass is 10.0. The van der Waals surface area contributed by atoms with Gasteiger partial charge in [0.25, 0.3) is 0 Å². The van der Waals surface area contributed by atoms with Gasteiger partial charge in [-0.25, -0.2) is 0 Å². The smallest absolute Gasteiger partial charge is 0.222 e. The molecule has 3 atom stereocenters. The largest absolute Gasteiger partial charge is 0.394 e. The number of unbranched alkanes of at least 4 members (excludes halogenated alkanes) is 36. The van der Waals surface area contributed by atoms with Gasteiger partial charge in [-0.2, -0.15) is 0 Å². The summed E-state index contributed by atoms with van der Waals surface area (Å²) in [6, 6.07) is -0.652. The van der Waals surface area contributed by atoms with Crippen molar-refractivity contribution in [1.82, 2.24) is 5.32 Å². The molecule has 0 saturated heterocycles. The van der Waals surface area contributed by atoms with Gasteiger partial charge in [0.1, 0.15) is 0 Å². The molecule has 0 bridgehead atoms. The van der Waals surface area contributed by atoms with Gasteiger partial charge in [0.05, 0.1) is 31.3 Å². The molecule has 0 aromatic rings. The van der Waals surface area contributed by atoms with Crippen molar-refractivity contribution >= 4 is 5.91 Å². The fourth-order valence-electron chi connectivity index (χ4n) is 7.94. The summed E-state index contributed by atoms with van der Waals surface area (Å²) in [5.74, 6) is -0.277. The molecule has 0 radical (unpaired) electrons. The van der Waals surface area contributed by atoms with Crippen LogP contribution in [0.25, 0.3) is 0 Å². The van der Waals surface area contributed by atoms with Crippen molar-refractivity contribution in [3.05, 3.63) is 0 Å². The van der Waals surface area contributed by atoms with Crippen LogP contribution in [0.4, 0.5) is 0 Å². The molecule has 3 unspecified atom stereocenters. The number of aliphatic hydroxyl groups excluding tert-OH is 3. The van der Waals surface area contributed by atoms with Crippen LogP contribution in [0.1, 0.15) is 277 Å². The van der Waals surface area contributed by atoms with Gasteiger partial charge in [0, 0.05) is 0 Å². The highest BCUT2D eigenvalue weighted by Gasteiger charge is 2.21. The van der Waals surface area contributed by atoms with Gasteiger partial charge >= 0.3 is 0 Å². The van der Waals surface area contributed by atoms with Crippen molar-refractivity contribution in [2.75, 3.05) is 6.61 Å². The number of hydrogen-bond donors (Lipinski definition) is 4. The quantitative estimate of drug-likeness (QED) is 0.0466. The Morgan fingerprint density at radius 3 is 0.906 bits per heavy atom. The summed E-state index contributed by atoms with van der Waals surface area (Å²) in [6.07, 6.45) is 50.9. The zero-order valence-electron chi connectivity index (χ0n) is 36.2. The number of amides is 1. The van der Waals surface area contributed by atoms with Crippen LogP contribution >= 0.6 is 0 Å². The minimum absolute atomic E-state index is 0.0431. The van der Waals surface area contributed by atoms with E-state index in [4.69, 9.17) is 0 Å². The maximum atomic E-state index is 12.5. The third kappa shape index (κ3) is 40.8. The van der Waals surface area contributed by atoms with Crippen LogP contribution in [0.5, 0.6) is 0 Å². The summed E-state index contributed by atoms with van der Waals surface area (Å²) in [6.45, 7) is 4.29. The van der Waals surface area contributed by atoms with Crippen LogP contribution in [0.15, 0.2) is 0 Å². The Morgan fingerprint density at radius 1 is 0.396 bits per heavy atom. The Kier molecular flexibility index (Phi) is 43.5. The van der Waals surface area contributed by atoms with E-state index in [2.05, 4.69) is 19.2 Å². The van der Waals surface area contributed by atoms with Gasteiger partial charge in [-0.15, -0.1) is 0 Å². The van der Waals surface area contributed by atoms with Crippen molar-refractivity contribution < 1.29 is 20.1 Å². The maximum absolute atomic E-state index is 12.5. The Bertz CT molecular complexity index is 703. The van der Waals surface area contributed by atoms with Crippen molar-refractivity contribution in [2.45, 2.75) is 295 Å². The summed E-state index contributed by atoms with van der Waals surface area (Å²) in [4.78, 5) is 12.5. The predicted molar refractivity (Wildman–Crippen MR) is 232 cm³/mol. The zero-order chi connectivity index (χ0) is 38.7. The molecule has 0 saturated carbocycles. The first kappa shape index (κ1) is 52.3. The zero-order valence-corrected chi connectivity index (χ0v) is 36.2. The van der Waals surface area contributed by atoms with E-state index >= 15 is 0 Å². The molecule has 0 fully saturated rings. The van der Waals surface area contributed by atoms with Crippen LogP contribution in [-0.4, -0.2) is 46.1 Å². The normalized spacial score (nSPS) is 13.4. The third-order valence-electron chi connectivity index (χ3n) is 11.7. The molecule has 0 aromatic carbocycles. The second kappa shape index (κ2) is 44.1. The summed E-state index contributed by atoms with van der Waals surface area (Å²) in [7, 11) is 0. The van der Waals surface area contributed by atoms with Crippen LogP contribution in [0, 0.1) is 0 Å². The first-order valence-corrected chi connectivity index (χ1v) is 24.3. The van der Waals surface area contributed by atoms with Crippen molar-refractivity contribution in [1.29, 1.82) is 0 Å². The van der Waals surface area contributed by atoms with Crippen LogP contribution in [-0.2, 0) is 4.79 Å². The minimum atomic E-state index is -0.743. The molecule has 0 rings (SSSR count). The lowest BCUT2D eigenvalue weighted by Gasteiger charge is -2.23. The molecule has 0 aliphatic rings. The van der Waals surface area contributed by atoms with E-state index in [1.807, 2.05) is 0 Å². The topological polar surface area (TPSA) is 89.8 Å². The lowest BCUT2D eigenvalue weighted by Crippen LogP contribution is -2.46. The molecule has 0 aliphatic carbocycles. The van der Waals surface area contributed by atoms with Gasteiger partial charge < -0.3 is 20.6 Å². The summed E-state index contributed by atoms with van der Waals surface area (Å²) in [5.41, 5.74) is 0. The molecule has 0 aromatic heterocycles. The summed E-state index contributed by atoms with van der Waals surface area (Å²) in [5, 5.41) is 33.5. The number of nitrogens with one attached hydrogen (secondary N) is 1. The molecule has 0 aliphatic heterocycles. The number of carbonyl (C=O) groups excluding carboxylic acids is 1. The SMILES string of the molecule is CCCCCCCCCCCCCCCCCCCCCCCCCC(O)CC(=O)NC(CO)C(O)CCCCCCCCCCCCCCCCC. The molecule has 0 heterocycles. The highest BCUT2D eigenvalue weighted by atomic mass is 16.3. The van der Waals surface area contributed by atoms with E-state index in [1.165, 1.54) is 218 Å². The Labute approximate surface area is 332 Å². The Morgan fingerprint density at radius 2 is 0.642 bits per heavy atom. The molecule has 5 nitrogen and oxygen atoms in total. The number of hydrogen-bond acceptors (Lipinski definition) is 4. The summed E-state index contributed by atoms with van der Waals surface area (Å²) < 4.78 is 0. The molecular formula is C48H97NO4. The number of rotatable bonds is 45. The molecule has 0 spiro atoms. The van der Waals surface area contributed by atoms with E-state index < -0.39 is 18.2 Å². The molecule has 4 N–H and O–H groups in total. The fourth-order valence-corrected chi connectivity index (χ4v) is 7.94. The average molecular weight is 752 g/mol. The van der Waals surface area contributed by atoms with Gasteiger partial charge in [0.2, 0.25) is 5.91 Å². The van der Waals surface area contributed by atoms with Gasteiger partial charge in [0.15, 0.2) is 0 Å². The van der Waals surface area contributed by atoms with E-state index in [0.717, 1.165) is 25.7 Å². The third-order valence-corrected chi connectivity index (χ3v) is 11.7. The van der Waals surface area contributed by atoms with E-state index in [1.54, 1.807) is 0 Å². The highest BCUT2D eigenvalue weighted by molar-refractivity contribution is 5.76. The molecule has 5 heteroatoms. The van der Waals surface area contributed by atoms with E-state index in [-0.39, 0.29) is 18.9 Å². The monoisotopic (exact) mass is 752 g/mol. The Balaban J connectivity index is 3.52. The fraction of sp³-hybridized carbons (Fsp3) is 0.979. The van der Waals surface area contributed by atoms with E-state index in [9.17, 15) is 20.1 Å². The summed E-state index contributed by atoms with van der Waals surface area (Å²) >= 11 is 0. The van der Waals surface area contributed by atoms with Crippen molar-refractivity contribution in [3.8, 4) is 0 Å². The van der Waals surface area contributed by atoms with Gasteiger partial charge in [-0.3, -0.25) is 4.79 Å². The van der Waals surface area contributed by atoms with Gasteiger partial charge in [-0.05, 0) is 12.8 Å². The average Bonchev–Trinajstić information content (AvgIpc) is 3.15. The maximum Gasteiger partial charge on any atom is 0.222 e. The number of aliphatic hydroxyl groups is 3. The van der Waals surface area contributed by atoms with Crippen LogP contribution in [0.2, 0.25) is 0 Å². The van der Waals surface area contributed by atoms with E-state index in [0.29, 0.717) is 12.8 Å². The predicted octanol–water partition coefficient (Wildman–Crippen LogP) is 14.2. The van der Waals surface area contributed by atoms with Crippen LogP contribution < -0.4 is 5.32 Å². The van der Waals surface area contributed by atoms with Gasteiger partial charge in [-0.1, -0.05) is 258 Å². The second-order valence-electron chi connectivity index (χ2n) is 17.1. The second-order valence-corrected chi connectivity index (χ2v) is 17.1. The van der Waals surface area contributed by atoms with Crippen molar-refractivity contribution in [2.24, 2.45) is 0 Å². The standard InChI is InChI=1S/C48H97NO4/c1-3-5-7-9-11-13-15-17-19-20-21-22-23-24-25-26-28-29-31-33-35-37-39-41-45(51)43-48(53)49-46(44-50)47(52)42-40-38-36-34-32-30-27-18-16-14-12-10-8-6-4-2/h45-47,50-52H,3-44H2,1-2H3,(H,49,53).